The van der Waals surface area contributed by atoms with Gasteiger partial charge in [-0.2, -0.15) is 0 Å². The van der Waals surface area contributed by atoms with Crippen molar-refractivity contribution in [1.82, 2.24) is 34.3 Å². The molecule has 0 N–H and O–H groups in total. The van der Waals surface area contributed by atoms with Crippen LogP contribution in [0.5, 0.6) is 0 Å². The van der Waals surface area contributed by atoms with E-state index in [-0.39, 0.29) is 24.4 Å². The molecule has 2 aromatic rings. The number of aryl methyl sites for hydroxylation is 2. The summed E-state index contributed by atoms with van der Waals surface area (Å²) in [6, 6.07) is 0.181. The minimum absolute atomic E-state index is 0.0227. The highest BCUT2D eigenvalue weighted by molar-refractivity contribution is 5.92. The first kappa shape index (κ1) is 21.0. The molecule has 0 bridgehead atoms. The predicted octanol–water partition coefficient (Wildman–Crippen LogP) is 1.74. The Kier molecular flexibility index (Phi) is 7.00. The van der Waals surface area contributed by atoms with Gasteiger partial charge in [0.15, 0.2) is 5.69 Å². The van der Waals surface area contributed by atoms with Gasteiger partial charge in [0.05, 0.1) is 6.20 Å². The second-order valence-corrected chi connectivity index (χ2v) is 7.47. The van der Waals surface area contributed by atoms with Crippen LogP contribution >= 0.6 is 0 Å². The van der Waals surface area contributed by atoms with Gasteiger partial charge >= 0.3 is 0 Å². The number of carbonyl (C=O) groups is 2. The molecule has 1 saturated heterocycles. The van der Waals surface area contributed by atoms with E-state index in [4.69, 9.17) is 0 Å². The molecule has 9 nitrogen and oxygen atoms in total. The van der Waals surface area contributed by atoms with Gasteiger partial charge in [-0.15, -0.1) is 5.10 Å². The van der Waals surface area contributed by atoms with Crippen LogP contribution in [0.3, 0.4) is 0 Å². The lowest BCUT2D eigenvalue weighted by atomic mass is 9.99. The maximum atomic E-state index is 13.1. The minimum Gasteiger partial charge on any atom is -0.342 e. The molecule has 1 aliphatic heterocycles. The van der Waals surface area contributed by atoms with E-state index in [0.29, 0.717) is 18.8 Å². The molecule has 3 heterocycles. The Labute approximate surface area is 171 Å². The zero-order valence-corrected chi connectivity index (χ0v) is 17.6. The first-order valence-corrected chi connectivity index (χ1v) is 10.5. The summed E-state index contributed by atoms with van der Waals surface area (Å²) in [6.07, 6.45) is 9.38. The normalized spacial score (nSPS) is 16.8. The number of nitrogens with zero attached hydrogens (tertiary/aromatic N) is 7. The second kappa shape index (κ2) is 9.67. The lowest BCUT2D eigenvalue weighted by molar-refractivity contribution is -0.131. The quantitative estimate of drug-likeness (QED) is 0.672. The van der Waals surface area contributed by atoms with Gasteiger partial charge in [-0.3, -0.25) is 9.59 Å². The van der Waals surface area contributed by atoms with E-state index in [2.05, 4.69) is 19.9 Å². The van der Waals surface area contributed by atoms with Crippen molar-refractivity contribution in [3.8, 4) is 0 Å². The van der Waals surface area contributed by atoms with Crippen molar-refractivity contribution in [3.05, 3.63) is 30.1 Å². The molecule has 3 rings (SSSR count). The zero-order chi connectivity index (χ0) is 20.8. The van der Waals surface area contributed by atoms with Crippen LogP contribution in [0.2, 0.25) is 0 Å². The average Bonchev–Trinajstić information content (AvgIpc) is 3.36. The summed E-state index contributed by atoms with van der Waals surface area (Å²) < 4.78 is 3.58. The van der Waals surface area contributed by atoms with E-state index < -0.39 is 0 Å². The zero-order valence-electron chi connectivity index (χ0n) is 17.6. The minimum atomic E-state index is -0.0985. The number of piperidine rings is 1. The van der Waals surface area contributed by atoms with Crippen LogP contribution in [0.1, 0.15) is 55.8 Å². The average molecular weight is 402 g/mol. The largest absolute Gasteiger partial charge is 0.342 e. The van der Waals surface area contributed by atoms with E-state index in [1.807, 2.05) is 31.9 Å². The van der Waals surface area contributed by atoms with Gasteiger partial charge in [0.25, 0.3) is 5.91 Å². The number of hydrogen-bond acceptors (Lipinski definition) is 5. The molecule has 0 spiro atoms. The van der Waals surface area contributed by atoms with Crippen molar-refractivity contribution in [2.75, 3.05) is 19.6 Å². The summed E-state index contributed by atoms with van der Waals surface area (Å²) in [7, 11) is 0. The van der Waals surface area contributed by atoms with Crippen molar-refractivity contribution in [3.63, 3.8) is 0 Å². The molecule has 1 atom stereocenters. The standard InChI is InChI=1S/C20H31N7O2/c1-4-24(5-2)19(28)15-26-14-18(22-23-26)20(29)27-11-7-6-8-17(27)9-12-25-13-10-21-16(25)3/h10,13-14,17H,4-9,11-12,15H2,1-3H3/t17-/m1/s1. The van der Waals surface area contributed by atoms with Crippen molar-refractivity contribution in [2.24, 2.45) is 0 Å². The molecule has 2 amide bonds. The third-order valence-electron chi connectivity index (χ3n) is 5.69. The third kappa shape index (κ3) is 5.02. The SMILES string of the molecule is CCN(CC)C(=O)Cn1cc(C(=O)N2CCCC[C@@H]2CCn2ccnc2C)nn1. The Morgan fingerprint density at radius 2 is 2.03 bits per heavy atom. The fourth-order valence-electron chi connectivity index (χ4n) is 3.93. The molecule has 29 heavy (non-hydrogen) atoms. The van der Waals surface area contributed by atoms with E-state index in [1.54, 1.807) is 17.3 Å². The van der Waals surface area contributed by atoms with Crippen molar-refractivity contribution in [2.45, 2.75) is 65.6 Å². The first-order valence-electron chi connectivity index (χ1n) is 10.5. The molecule has 0 unspecified atom stereocenters. The van der Waals surface area contributed by atoms with Gasteiger partial charge in [0, 0.05) is 44.6 Å². The van der Waals surface area contributed by atoms with Crippen LogP contribution in [0.25, 0.3) is 0 Å². The van der Waals surface area contributed by atoms with Gasteiger partial charge in [-0.05, 0) is 46.5 Å². The van der Waals surface area contributed by atoms with Crippen molar-refractivity contribution >= 4 is 11.8 Å². The number of likely N-dealkylation sites (tertiary alicyclic amines) is 1. The lowest BCUT2D eigenvalue weighted by Crippen LogP contribution is -2.44. The molecule has 1 aliphatic rings. The van der Waals surface area contributed by atoms with Crippen LogP contribution in [0.4, 0.5) is 0 Å². The molecular weight excluding hydrogens is 370 g/mol. The summed E-state index contributed by atoms with van der Waals surface area (Å²) in [5.41, 5.74) is 0.308. The fourth-order valence-corrected chi connectivity index (χ4v) is 3.93. The Balaban J connectivity index is 1.64. The molecule has 158 valence electrons. The maximum Gasteiger partial charge on any atom is 0.276 e. The van der Waals surface area contributed by atoms with E-state index in [9.17, 15) is 9.59 Å². The Bertz CT molecular complexity index is 824. The summed E-state index contributed by atoms with van der Waals surface area (Å²) in [6.45, 7) is 8.86. The van der Waals surface area contributed by atoms with Gasteiger partial charge in [0.1, 0.15) is 12.4 Å². The highest BCUT2D eigenvalue weighted by Gasteiger charge is 2.29. The Hall–Kier alpha value is -2.71. The molecule has 2 aromatic heterocycles. The number of aromatic nitrogens is 5. The van der Waals surface area contributed by atoms with Crippen LogP contribution in [0.15, 0.2) is 18.6 Å². The molecule has 0 aliphatic carbocycles. The number of amides is 2. The predicted molar refractivity (Wildman–Crippen MR) is 108 cm³/mol. The topological polar surface area (TPSA) is 89.2 Å². The van der Waals surface area contributed by atoms with Crippen LogP contribution < -0.4 is 0 Å². The number of hydrogen-bond donors (Lipinski definition) is 0. The summed E-state index contributed by atoms with van der Waals surface area (Å²) in [4.78, 5) is 33.3. The van der Waals surface area contributed by atoms with Crippen LogP contribution in [0, 0.1) is 6.92 Å². The molecule has 0 radical (unpaired) electrons. The van der Waals surface area contributed by atoms with Crippen LogP contribution in [-0.2, 0) is 17.9 Å². The highest BCUT2D eigenvalue weighted by atomic mass is 16.2. The number of carbonyl (C=O) groups excluding carboxylic acids is 2. The highest BCUT2D eigenvalue weighted by Crippen LogP contribution is 2.22. The van der Waals surface area contributed by atoms with Crippen molar-refractivity contribution in [1.29, 1.82) is 0 Å². The van der Waals surface area contributed by atoms with Crippen LogP contribution in [-0.4, -0.2) is 71.8 Å². The molecule has 0 aromatic carbocycles. The Morgan fingerprint density at radius 1 is 1.24 bits per heavy atom. The number of imidazole rings is 1. The number of rotatable bonds is 8. The van der Waals surface area contributed by atoms with Gasteiger partial charge in [0.2, 0.25) is 5.91 Å². The fraction of sp³-hybridized carbons (Fsp3) is 0.650. The van der Waals surface area contributed by atoms with E-state index in [1.165, 1.54) is 4.68 Å². The lowest BCUT2D eigenvalue weighted by Gasteiger charge is -2.35. The van der Waals surface area contributed by atoms with Crippen molar-refractivity contribution < 1.29 is 9.59 Å². The molecule has 1 fully saturated rings. The third-order valence-corrected chi connectivity index (χ3v) is 5.69. The monoisotopic (exact) mass is 401 g/mol. The number of likely N-dealkylation sites (N-methyl/N-ethyl adjacent to an activating group) is 1. The molecule has 0 saturated carbocycles. The maximum absolute atomic E-state index is 13.1. The summed E-state index contributed by atoms with van der Waals surface area (Å²) in [5, 5.41) is 8.06. The van der Waals surface area contributed by atoms with Gasteiger partial charge < -0.3 is 14.4 Å². The van der Waals surface area contributed by atoms with E-state index >= 15 is 0 Å². The Morgan fingerprint density at radius 3 is 2.72 bits per heavy atom. The summed E-state index contributed by atoms with van der Waals surface area (Å²) in [5.74, 6) is 0.864. The smallest absolute Gasteiger partial charge is 0.276 e. The second-order valence-electron chi connectivity index (χ2n) is 7.47. The van der Waals surface area contributed by atoms with E-state index in [0.717, 1.165) is 44.6 Å². The van der Waals surface area contributed by atoms with Gasteiger partial charge in [-0.25, -0.2) is 9.67 Å². The first-order chi connectivity index (χ1) is 14.0. The van der Waals surface area contributed by atoms with Gasteiger partial charge in [-0.1, -0.05) is 5.21 Å². The summed E-state index contributed by atoms with van der Waals surface area (Å²) >= 11 is 0. The molecular formula is C20H31N7O2. The molecule has 9 heteroatoms.